The molecule has 0 bridgehead atoms. The summed E-state index contributed by atoms with van der Waals surface area (Å²) in [6, 6.07) is 59.4. The van der Waals surface area contributed by atoms with Crippen molar-refractivity contribution in [2.75, 3.05) is 0 Å². The number of para-hydroxylation sites is 4. The van der Waals surface area contributed by atoms with Crippen LogP contribution < -0.4 is 0 Å². The van der Waals surface area contributed by atoms with Crippen LogP contribution in [0.25, 0.3) is 122 Å². The highest BCUT2D eigenvalue weighted by atomic mass is 16.3. The van der Waals surface area contributed by atoms with Crippen LogP contribution in [0.5, 0.6) is 0 Å². The molecule has 8 aromatic carbocycles. The number of benzene rings is 8. The Bertz CT molecular complexity index is 3200. The van der Waals surface area contributed by atoms with Crippen LogP contribution in [0.2, 0.25) is 0 Å². The second-order valence-corrected chi connectivity index (χ2v) is 14.1. The van der Waals surface area contributed by atoms with Gasteiger partial charge in [-0.3, -0.25) is 0 Å². The summed E-state index contributed by atoms with van der Waals surface area (Å²) in [6.45, 7) is 0. The third-order valence-corrected chi connectivity index (χ3v) is 11.0. The maximum absolute atomic E-state index is 6.60. The molecule has 0 radical (unpaired) electrons. The predicted octanol–water partition coefficient (Wildman–Crippen LogP) is 13.7. The summed E-state index contributed by atoms with van der Waals surface area (Å²) in [5.74, 6) is 0.661. The highest BCUT2D eigenvalue weighted by molar-refractivity contribution is 6.17. The average Bonchev–Trinajstić information content (AvgIpc) is 3.91. The molecule has 0 amide bonds. The molecule has 0 saturated heterocycles. The highest BCUT2D eigenvalue weighted by Crippen LogP contribution is 2.50. The molecular weight excluding hydrogens is 661 g/mol. The van der Waals surface area contributed by atoms with Crippen molar-refractivity contribution in [3.05, 3.63) is 170 Å². The van der Waals surface area contributed by atoms with E-state index in [2.05, 4.69) is 140 Å². The Labute approximate surface area is 309 Å². The molecule has 0 atom stereocenters. The van der Waals surface area contributed by atoms with Crippen molar-refractivity contribution in [1.82, 2.24) is 9.97 Å². The Hall–Kier alpha value is -7.30. The summed E-state index contributed by atoms with van der Waals surface area (Å²) >= 11 is 0. The van der Waals surface area contributed by atoms with Crippen molar-refractivity contribution in [2.45, 2.75) is 0 Å². The fourth-order valence-electron chi connectivity index (χ4n) is 8.61. The van der Waals surface area contributed by atoms with Crippen LogP contribution in [-0.2, 0) is 0 Å². The van der Waals surface area contributed by atoms with E-state index in [0.29, 0.717) is 5.82 Å². The van der Waals surface area contributed by atoms with Gasteiger partial charge in [-0.15, -0.1) is 0 Å². The lowest BCUT2D eigenvalue weighted by Gasteiger charge is -2.14. The summed E-state index contributed by atoms with van der Waals surface area (Å²) in [5.41, 5.74) is 14.7. The number of nitrogens with zero attached hydrogens (tertiary/aromatic N) is 2. The summed E-state index contributed by atoms with van der Waals surface area (Å²) in [7, 11) is 0. The molecule has 0 saturated carbocycles. The molecule has 0 N–H and O–H groups in total. The van der Waals surface area contributed by atoms with Crippen LogP contribution in [0, 0.1) is 0 Å². The van der Waals surface area contributed by atoms with Crippen LogP contribution in [0.1, 0.15) is 0 Å². The predicted molar refractivity (Wildman–Crippen MR) is 220 cm³/mol. The normalized spacial score (nSPS) is 12.1. The van der Waals surface area contributed by atoms with Crippen molar-refractivity contribution in [3.63, 3.8) is 0 Å². The van der Waals surface area contributed by atoms with E-state index in [-0.39, 0.29) is 0 Å². The number of fused-ring (bicyclic) bond motifs is 9. The van der Waals surface area contributed by atoms with Crippen LogP contribution in [0.4, 0.5) is 0 Å². The number of rotatable bonds is 4. The standard InChI is InChI=1S/C50H28N2O2/c1-2-12-30(13-3-1)46-45-40-22-8-14-29-15-9-23-41(44(29)40)47(45)52-50(51-46)33-27-31(34-18-10-20-38-36-16-4-6-24-42(36)53-48(34)38)26-32(28-33)35-19-11-21-39-37-17-5-7-25-43(37)54-49(35)39/h1-28H. The second-order valence-electron chi connectivity index (χ2n) is 14.1. The van der Waals surface area contributed by atoms with E-state index in [1.807, 2.05) is 30.3 Å². The van der Waals surface area contributed by atoms with Gasteiger partial charge >= 0.3 is 0 Å². The molecule has 3 heterocycles. The smallest absolute Gasteiger partial charge is 0.160 e. The molecule has 0 unspecified atom stereocenters. The number of hydrogen-bond acceptors (Lipinski definition) is 4. The van der Waals surface area contributed by atoms with E-state index in [1.165, 1.54) is 16.3 Å². The van der Waals surface area contributed by atoms with E-state index >= 15 is 0 Å². The highest BCUT2D eigenvalue weighted by Gasteiger charge is 2.28. The number of furan rings is 2. The van der Waals surface area contributed by atoms with E-state index in [4.69, 9.17) is 18.8 Å². The maximum atomic E-state index is 6.60. The second kappa shape index (κ2) is 11.1. The molecule has 12 rings (SSSR count). The van der Waals surface area contributed by atoms with Crippen molar-refractivity contribution in [2.24, 2.45) is 0 Å². The van der Waals surface area contributed by atoms with Gasteiger partial charge in [0.05, 0.1) is 11.4 Å². The van der Waals surface area contributed by atoms with Gasteiger partial charge in [0.1, 0.15) is 22.3 Å². The fourth-order valence-corrected chi connectivity index (χ4v) is 8.61. The molecule has 11 aromatic rings. The zero-order valence-electron chi connectivity index (χ0n) is 28.9. The zero-order chi connectivity index (χ0) is 35.3. The van der Waals surface area contributed by atoms with Gasteiger partial charge in [0.15, 0.2) is 5.82 Å². The third kappa shape index (κ3) is 4.19. The largest absolute Gasteiger partial charge is 0.455 e. The Balaban J connectivity index is 1.16. The van der Waals surface area contributed by atoms with Crippen molar-refractivity contribution in [3.8, 4) is 67.3 Å². The molecule has 0 fully saturated rings. The van der Waals surface area contributed by atoms with Gasteiger partial charge < -0.3 is 8.83 Å². The first kappa shape index (κ1) is 29.3. The van der Waals surface area contributed by atoms with Gasteiger partial charge in [-0.2, -0.15) is 0 Å². The summed E-state index contributed by atoms with van der Waals surface area (Å²) in [4.78, 5) is 10.9. The molecule has 250 valence electrons. The monoisotopic (exact) mass is 688 g/mol. The molecule has 3 aromatic heterocycles. The third-order valence-electron chi connectivity index (χ3n) is 11.0. The Kier molecular flexibility index (Phi) is 6.02. The summed E-state index contributed by atoms with van der Waals surface area (Å²) in [6.07, 6.45) is 0. The molecule has 0 spiro atoms. The van der Waals surface area contributed by atoms with E-state index in [9.17, 15) is 0 Å². The Morgan fingerprint density at radius 2 is 0.852 bits per heavy atom. The topological polar surface area (TPSA) is 52.1 Å². The van der Waals surface area contributed by atoms with E-state index in [0.717, 1.165) is 99.8 Å². The van der Waals surface area contributed by atoms with Crippen molar-refractivity contribution in [1.29, 1.82) is 0 Å². The minimum Gasteiger partial charge on any atom is -0.455 e. The Morgan fingerprint density at radius 1 is 0.352 bits per heavy atom. The maximum Gasteiger partial charge on any atom is 0.160 e. The number of aromatic nitrogens is 2. The van der Waals surface area contributed by atoms with Crippen LogP contribution in [0.15, 0.2) is 179 Å². The lowest BCUT2D eigenvalue weighted by molar-refractivity contribution is 0.670. The number of hydrogen-bond donors (Lipinski definition) is 0. The van der Waals surface area contributed by atoms with E-state index in [1.54, 1.807) is 0 Å². The minimum absolute atomic E-state index is 0.661. The van der Waals surface area contributed by atoms with Crippen LogP contribution in [0.3, 0.4) is 0 Å². The summed E-state index contributed by atoms with van der Waals surface area (Å²) in [5, 5.41) is 6.79. The van der Waals surface area contributed by atoms with Gasteiger partial charge in [-0.25, -0.2) is 9.97 Å². The first-order valence-corrected chi connectivity index (χ1v) is 18.2. The van der Waals surface area contributed by atoms with Gasteiger partial charge in [0, 0.05) is 54.9 Å². The summed E-state index contributed by atoms with van der Waals surface area (Å²) < 4.78 is 13.2. The van der Waals surface area contributed by atoms with Crippen LogP contribution in [-0.4, -0.2) is 9.97 Å². The minimum atomic E-state index is 0.661. The average molecular weight is 689 g/mol. The Morgan fingerprint density at radius 3 is 1.50 bits per heavy atom. The van der Waals surface area contributed by atoms with Crippen molar-refractivity contribution < 1.29 is 8.83 Å². The molecule has 54 heavy (non-hydrogen) atoms. The lowest BCUT2D eigenvalue weighted by Crippen LogP contribution is -1.98. The van der Waals surface area contributed by atoms with Gasteiger partial charge in [0.2, 0.25) is 0 Å². The first-order valence-electron chi connectivity index (χ1n) is 18.2. The van der Waals surface area contributed by atoms with Crippen LogP contribution >= 0.6 is 0 Å². The lowest BCUT2D eigenvalue weighted by atomic mass is 9.93. The molecular formula is C50H28N2O2. The van der Waals surface area contributed by atoms with Gasteiger partial charge in [0.25, 0.3) is 0 Å². The molecule has 1 aliphatic carbocycles. The fraction of sp³-hybridized carbons (Fsp3) is 0. The molecule has 4 nitrogen and oxygen atoms in total. The first-order chi connectivity index (χ1) is 26.8. The van der Waals surface area contributed by atoms with E-state index < -0.39 is 0 Å². The quantitative estimate of drug-likeness (QED) is 0.185. The van der Waals surface area contributed by atoms with Gasteiger partial charge in [-0.1, -0.05) is 140 Å². The van der Waals surface area contributed by atoms with Crippen molar-refractivity contribution >= 4 is 54.6 Å². The van der Waals surface area contributed by atoms with Gasteiger partial charge in [-0.05, 0) is 57.8 Å². The molecule has 4 heteroatoms. The molecule has 1 aliphatic rings. The SMILES string of the molecule is c1ccc(-c2nc(-c3cc(-c4cccc5c4oc4ccccc45)cc(-c4cccc5c4oc4ccccc45)c3)nc3c2-c2cccc4cccc-3c24)cc1. The molecule has 0 aliphatic heterocycles. The zero-order valence-corrected chi connectivity index (χ0v) is 28.9.